The molecule has 1 atom stereocenters. The molecule has 0 heterocycles. The summed E-state index contributed by atoms with van der Waals surface area (Å²) in [4.78, 5) is 11.3. The Labute approximate surface area is 102 Å². The summed E-state index contributed by atoms with van der Waals surface area (Å²) in [5, 5.41) is 0. The fourth-order valence-corrected chi connectivity index (χ4v) is 1.31. The molecule has 4 heteroatoms. The average Bonchev–Trinajstić information content (AvgIpc) is 2.35. The number of hydrogen-bond acceptors (Lipinski definition) is 3. The molecule has 3 N–H and O–H groups in total. The second-order valence-corrected chi connectivity index (χ2v) is 4.43. The van der Waals surface area contributed by atoms with Crippen LogP contribution in [0.1, 0.15) is 36.7 Å². The minimum atomic E-state index is -0.288. The van der Waals surface area contributed by atoms with Crippen molar-refractivity contribution in [1.82, 2.24) is 5.43 Å². The summed E-state index contributed by atoms with van der Waals surface area (Å²) in [7, 11) is 0. The van der Waals surface area contributed by atoms with Gasteiger partial charge in [0.15, 0.2) is 0 Å². The molecule has 0 saturated carbocycles. The second kappa shape index (κ2) is 6.37. The van der Waals surface area contributed by atoms with Crippen LogP contribution in [0.25, 0.3) is 0 Å². The molecule has 0 fully saturated rings. The number of carbonyl (C=O) groups excluding carboxylic acids is 1. The van der Waals surface area contributed by atoms with Gasteiger partial charge in [-0.25, -0.2) is 5.84 Å². The Kier molecular flexibility index (Phi) is 5.12. The third kappa shape index (κ3) is 4.17. The number of rotatable bonds is 5. The lowest BCUT2D eigenvalue weighted by Crippen LogP contribution is -2.30. The van der Waals surface area contributed by atoms with Crippen LogP contribution in [0.2, 0.25) is 0 Å². The highest BCUT2D eigenvalue weighted by molar-refractivity contribution is 5.93. The van der Waals surface area contributed by atoms with E-state index in [0.717, 1.165) is 5.56 Å². The van der Waals surface area contributed by atoms with E-state index < -0.39 is 0 Å². The Morgan fingerprint density at radius 3 is 2.71 bits per heavy atom. The minimum absolute atomic E-state index is 0.196. The molecule has 17 heavy (non-hydrogen) atoms. The van der Waals surface area contributed by atoms with Crippen molar-refractivity contribution in [2.45, 2.75) is 33.5 Å². The molecule has 94 valence electrons. The molecule has 0 aliphatic rings. The highest BCUT2D eigenvalue weighted by Gasteiger charge is 2.08. The molecule has 0 aliphatic carbocycles. The van der Waals surface area contributed by atoms with Gasteiger partial charge in [0.2, 0.25) is 0 Å². The van der Waals surface area contributed by atoms with Gasteiger partial charge in [-0.15, -0.1) is 0 Å². The Morgan fingerprint density at radius 2 is 2.12 bits per heavy atom. The van der Waals surface area contributed by atoms with Crippen LogP contribution in [-0.4, -0.2) is 12.0 Å². The number of ether oxygens (including phenoxy) is 1. The van der Waals surface area contributed by atoms with Gasteiger partial charge in [-0.05, 0) is 30.5 Å². The first-order chi connectivity index (χ1) is 8.04. The lowest BCUT2D eigenvalue weighted by atomic mass is 10.1. The van der Waals surface area contributed by atoms with E-state index in [-0.39, 0.29) is 12.0 Å². The molecule has 1 amide bonds. The van der Waals surface area contributed by atoms with Crippen molar-refractivity contribution in [3.05, 3.63) is 35.4 Å². The van der Waals surface area contributed by atoms with Crippen LogP contribution in [0.4, 0.5) is 0 Å². The topological polar surface area (TPSA) is 64.3 Å². The van der Waals surface area contributed by atoms with Gasteiger partial charge in [0.1, 0.15) is 0 Å². The van der Waals surface area contributed by atoms with Crippen LogP contribution in [0, 0.1) is 5.92 Å². The van der Waals surface area contributed by atoms with E-state index in [0.29, 0.717) is 18.1 Å². The maximum atomic E-state index is 11.3. The van der Waals surface area contributed by atoms with Gasteiger partial charge >= 0.3 is 0 Å². The summed E-state index contributed by atoms with van der Waals surface area (Å²) in [6.07, 6.45) is 0.196. The summed E-state index contributed by atoms with van der Waals surface area (Å²) >= 11 is 0. The first-order valence-corrected chi connectivity index (χ1v) is 5.76. The maximum Gasteiger partial charge on any atom is 0.265 e. The Morgan fingerprint density at radius 1 is 1.41 bits per heavy atom. The summed E-state index contributed by atoms with van der Waals surface area (Å²) < 4.78 is 5.69. The van der Waals surface area contributed by atoms with E-state index in [1.54, 1.807) is 12.1 Å². The van der Waals surface area contributed by atoms with E-state index in [2.05, 4.69) is 19.3 Å². The van der Waals surface area contributed by atoms with Gasteiger partial charge in [-0.3, -0.25) is 10.2 Å². The molecule has 0 saturated heterocycles. The zero-order chi connectivity index (χ0) is 12.8. The van der Waals surface area contributed by atoms with Crippen LogP contribution in [-0.2, 0) is 11.3 Å². The highest BCUT2D eigenvalue weighted by Crippen LogP contribution is 2.11. The van der Waals surface area contributed by atoms with Crippen molar-refractivity contribution in [2.24, 2.45) is 11.8 Å². The monoisotopic (exact) mass is 236 g/mol. The number of benzene rings is 1. The molecule has 0 aliphatic heterocycles. The van der Waals surface area contributed by atoms with Crippen molar-refractivity contribution in [1.29, 1.82) is 0 Å². The quantitative estimate of drug-likeness (QED) is 0.466. The fourth-order valence-electron chi connectivity index (χ4n) is 1.31. The van der Waals surface area contributed by atoms with Crippen molar-refractivity contribution in [3.63, 3.8) is 0 Å². The third-order valence-electron chi connectivity index (χ3n) is 2.77. The molecule has 0 spiro atoms. The summed E-state index contributed by atoms with van der Waals surface area (Å²) in [5.41, 5.74) is 3.63. The molecule has 0 radical (unpaired) electrons. The number of nitrogens with one attached hydrogen (secondary N) is 1. The number of carbonyl (C=O) groups is 1. The SMILES string of the molecule is CC(C)C(C)OCc1cccc(C(=O)NN)c1. The third-order valence-corrected chi connectivity index (χ3v) is 2.77. The predicted molar refractivity (Wildman–Crippen MR) is 67.2 cm³/mol. The number of hydrogen-bond donors (Lipinski definition) is 2. The van der Waals surface area contributed by atoms with Gasteiger partial charge in [-0.1, -0.05) is 26.0 Å². The Bertz CT molecular complexity index is 377. The van der Waals surface area contributed by atoms with E-state index in [1.165, 1.54) is 0 Å². The maximum absolute atomic E-state index is 11.3. The van der Waals surface area contributed by atoms with Crippen LogP contribution >= 0.6 is 0 Å². The molecule has 1 rings (SSSR count). The van der Waals surface area contributed by atoms with Crippen LogP contribution in [0.3, 0.4) is 0 Å². The first-order valence-electron chi connectivity index (χ1n) is 5.76. The fraction of sp³-hybridized carbons (Fsp3) is 0.462. The summed E-state index contributed by atoms with van der Waals surface area (Å²) in [5.74, 6) is 5.27. The minimum Gasteiger partial charge on any atom is -0.374 e. The number of amides is 1. The summed E-state index contributed by atoms with van der Waals surface area (Å²) in [6, 6.07) is 7.26. The van der Waals surface area contributed by atoms with Crippen LogP contribution in [0.15, 0.2) is 24.3 Å². The molecular formula is C13H20N2O2. The molecular weight excluding hydrogens is 216 g/mol. The predicted octanol–water partition coefficient (Wildman–Crippen LogP) is 1.85. The zero-order valence-corrected chi connectivity index (χ0v) is 10.6. The van der Waals surface area contributed by atoms with Crippen molar-refractivity contribution in [2.75, 3.05) is 0 Å². The smallest absolute Gasteiger partial charge is 0.265 e. The molecule has 1 unspecified atom stereocenters. The Balaban J connectivity index is 2.63. The van der Waals surface area contributed by atoms with Gasteiger partial charge in [0.25, 0.3) is 5.91 Å². The van der Waals surface area contributed by atoms with E-state index in [1.807, 2.05) is 19.1 Å². The standard InChI is InChI=1S/C13H20N2O2/c1-9(2)10(3)17-8-11-5-4-6-12(7-11)13(16)15-14/h4-7,9-10H,8,14H2,1-3H3,(H,15,16). The highest BCUT2D eigenvalue weighted by atomic mass is 16.5. The second-order valence-electron chi connectivity index (χ2n) is 4.43. The number of nitrogen functional groups attached to an aromatic ring is 1. The van der Waals surface area contributed by atoms with Gasteiger partial charge < -0.3 is 4.74 Å². The van der Waals surface area contributed by atoms with Crippen molar-refractivity contribution < 1.29 is 9.53 Å². The molecule has 4 nitrogen and oxygen atoms in total. The average molecular weight is 236 g/mol. The number of hydrazine groups is 1. The van der Waals surface area contributed by atoms with E-state index in [4.69, 9.17) is 10.6 Å². The van der Waals surface area contributed by atoms with E-state index in [9.17, 15) is 4.79 Å². The Hall–Kier alpha value is -1.39. The number of nitrogens with two attached hydrogens (primary N) is 1. The van der Waals surface area contributed by atoms with E-state index >= 15 is 0 Å². The first kappa shape index (κ1) is 13.7. The molecule has 0 aromatic heterocycles. The van der Waals surface area contributed by atoms with Crippen molar-refractivity contribution >= 4 is 5.91 Å². The lowest BCUT2D eigenvalue weighted by Gasteiger charge is -2.16. The molecule has 0 bridgehead atoms. The molecule has 1 aromatic carbocycles. The lowest BCUT2D eigenvalue weighted by molar-refractivity contribution is 0.0235. The zero-order valence-electron chi connectivity index (χ0n) is 10.6. The van der Waals surface area contributed by atoms with Crippen LogP contribution < -0.4 is 11.3 Å². The normalized spacial score (nSPS) is 12.5. The molecule has 1 aromatic rings. The summed E-state index contributed by atoms with van der Waals surface area (Å²) in [6.45, 7) is 6.78. The van der Waals surface area contributed by atoms with Gasteiger partial charge in [0.05, 0.1) is 12.7 Å². The largest absolute Gasteiger partial charge is 0.374 e. The van der Waals surface area contributed by atoms with Crippen molar-refractivity contribution in [3.8, 4) is 0 Å². The van der Waals surface area contributed by atoms with Crippen LogP contribution in [0.5, 0.6) is 0 Å². The van der Waals surface area contributed by atoms with Gasteiger partial charge in [-0.2, -0.15) is 0 Å². The van der Waals surface area contributed by atoms with Gasteiger partial charge in [0, 0.05) is 5.56 Å².